The molecule has 31 heavy (non-hydrogen) atoms. The zero-order valence-electron chi connectivity index (χ0n) is 16.6. The maximum Gasteiger partial charge on any atom is 0.273 e. The molecule has 2 heterocycles. The first-order chi connectivity index (χ1) is 14.8. The van der Waals surface area contributed by atoms with E-state index < -0.39 is 5.82 Å². The van der Waals surface area contributed by atoms with Gasteiger partial charge in [-0.3, -0.25) is 18.7 Å². The van der Waals surface area contributed by atoms with E-state index in [1.807, 2.05) is 31.2 Å². The summed E-state index contributed by atoms with van der Waals surface area (Å²) < 4.78 is 17.5. The second-order valence-corrected chi connectivity index (χ2v) is 9.38. The standard InChI is InChI=1S/C21H17FN4O2S3/c1-12-6-8-15(9-7-12)26-18-17(31-21(26)29)19(28)25(2)20(24-18)30-11-16(27)23-14-5-3-4-13(22)10-14/h3-10H,11H2,1-2H3,(H,23,27). The van der Waals surface area contributed by atoms with E-state index in [0.717, 1.165) is 23.0 Å². The first-order valence-electron chi connectivity index (χ1n) is 9.21. The SMILES string of the molecule is Cc1ccc(-n2c(=S)sc3c(=O)n(C)c(SCC(=O)Nc4cccc(F)c4)nc32)cc1. The van der Waals surface area contributed by atoms with Gasteiger partial charge in [0.15, 0.2) is 14.8 Å². The van der Waals surface area contributed by atoms with Crippen LogP contribution in [0, 0.1) is 16.7 Å². The first kappa shape index (κ1) is 21.4. The van der Waals surface area contributed by atoms with Crippen LogP contribution in [0.1, 0.15) is 5.56 Å². The third-order valence-corrected chi connectivity index (χ3v) is 6.89. The summed E-state index contributed by atoms with van der Waals surface area (Å²) in [5, 5.41) is 3.03. The molecule has 0 radical (unpaired) electrons. The molecule has 10 heteroatoms. The Balaban J connectivity index is 1.65. The Bertz CT molecular complexity index is 1410. The molecule has 158 valence electrons. The maximum atomic E-state index is 13.3. The van der Waals surface area contributed by atoms with E-state index in [4.69, 9.17) is 12.2 Å². The van der Waals surface area contributed by atoms with Crippen LogP contribution in [0.15, 0.2) is 58.5 Å². The quantitative estimate of drug-likeness (QED) is 0.259. The molecule has 0 saturated carbocycles. The summed E-state index contributed by atoms with van der Waals surface area (Å²) >= 11 is 7.83. The van der Waals surface area contributed by atoms with Crippen molar-refractivity contribution in [3.8, 4) is 5.69 Å². The Morgan fingerprint density at radius 3 is 2.71 bits per heavy atom. The van der Waals surface area contributed by atoms with Gasteiger partial charge in [-0.05, 0) is 49.5 Å². The molecular weight excluding hydrogens is 455 g/mol. The van der Waals surface area contributed by atoms with Crippen molar-refractivity contribution in [2.45, 2.75) is 12.1 Å². The Morgan fingerprint density at radius 1 is 1.26 bits per heavy atom. The highest BCUT2D eigenvalue weighted by molar-refractivity contribution is 7.99. The number of aryl methyl sites for hydroxylation is 1. The fourth-order valence-corrected chi connectivity index (χ4v) is 5.07. The number of hydrogen-bond donors (Lipinski definition) is 1. The Hall–Kier alpha value is -2.82. The Morgan fingerprint density at radius 2 is 2.00 bits per heavy atom. The van der Waals surface area contributed by atoms with Gasteiger partial charge in [0.25, 0.3) is 5.56 Å². The molecule has 0 spiro atoms. The lowest BCUT2D eigenvalue weighted by Crippen LogP contribution is -2.21. The van der Waals surface area contributed by atoms with E-state index in [0.29, 0.717) is 25.1 Å². The number of amides is 1. The molecule has 0 fully saturated rings. The molecule has 0 unspecified atom stereocenters. The van der Waals surface area contributed by atoms with Crippen LogP contribution in [0.3, 0.4) is 0 Å². The van der Waals surface area contributed by atoms with Crippen molar-refractivity contribution in [1.29, 1.82) is 0 Å². The summed E-state index contributed by atoms with van der Waals surface area (Å²) in [5.41, 5.74) is 2.55. The molecule has 6 nitrogen and oxygen atoms in total. The van der Waals surface area contributed by atoms with Gasteiger partial charge in [0.1, 0.15) is 10.5 Å². The Kier molecular flexibility index (Phi) is 6.03. The fraction of sp³-hybridized carbons (Fsp3) is 0.143. The van der Waals surface area contributed by atoms with Crippen LogP contribution in [0.2, 0.25) is 0 Å². The topological polar surface area (TPSA) is 68.9 Å². The van der Waals surface area contributed by atoms with Crippen LogP contribution in [0.5, 0.6) is 0 Å². The molecule has 0 aliphatic heterocycles. The van der Waals surface area contributed by atoms with Crippen LogP contribution < -0.4 is 10.9 Å². The number of thioether (sulfide) groups is 1. The largest absolute Gasteiger partial charge is 0.325 e. The second kappa shape index (κ2) is 8.74. The normalized spacial score (nSPS) is 11.1. The van der Waals surface area contributed by atoms with Gasteiger partial charge in [0.2, 0.25) is 5.91 Å². The number of carbonyl (C=O) groups is 1. The van der Waals surface area contributed by atoms with Gasteiger partial charge in [-0.2, -0.15) is 0 Å². The van der Waals surface area contributed by atoms with E-state index in [2.05, 4.69) is 10.3 Å². The number of halogens is 1. The minimum atomic E-state index is -0.433. The summed E-state index contributed by atoms with van der Waals surface area (Å²) in [6.07, 6.45) is 0. The molecule has 0 bridgehead atoms. The van der Waals surface area contributed by atoms with E-state index >= 15 is 0 Å². The Labute approximate surface area is 190 Å². The van der Waals surface area contributed by atoms with Crippen molar-refractivity contribution in [1.82, 2.24) is 14.1 Å². The van der Waals surface area contributed by atoms with Crippen molar-refractivity contribution in [2.24, 2.45) is 7.05 Å². The van der Waals surface area contributed by atoms with Crippen molar-refractivity contribution in [3.63, 3.8) is 0 Å². The number of hydrogen-bond acceptors (Lipinski definition) is 6. The van der Waals surface area contributed by atoms with Crippen molar-refractivity contribution in [2.75, 3.05) is 11.1 Å². The molecule has 2 aromatic carbocycles. The molecule has 2 aromatic heterocycles. The van der Waals surface area contributed by atoms with Gasteiger partial charge in [-0.25, -0.2) is 9.37 Å². The number of fused-ring (bicyclic) bond motifs is 1. The lowest BCUT2D eigenvalue weighted by atomic mass is 10.2. The average molecular weight is 473 g/mol. The highest BCUT2D eigenvalue weighted by Gasteiger charge is 2.17. The molecule has 1 amide bonds. The monoisotopic (exact) mass is 472 g/mol. The summed E-state index contributed by atoms with van der Waals surface area (Å²) in [4.78, 5) is 29.8. The van der Waals surface area contributed by atoms with E-state index in [-0.39, 0.29) is 17.2 Å². The van der Waals surface area contributed by atoms with Gasteiger partial charge in [0.05, 0.1) is 5.75 Å². The summed E-state index contributed by atoms with van der Waals surface area (Å²) in [6, 6.07) is 13.4. The van der Waals surface area contributed by atoms with E-state index in [1.165, 1.54) is 34.1 Å². The number of nitrogens with one attached hydrogen (secondary N) is 1. The molecule has 1 N–H and O–H groups in total. The van der Waals surface area contributed by atoms with Gasteiger partial charge in [-0.1, -0.05) is 46.9 Å². The van der Waals surface area contributed by atoms with Gasteiger partial charge in [0, 0.05) is 18.4 Å². The second-order valence-electron chi connectivity index (χ2n) is 6.80. The van der Waals surface area contributed by atoms with E-state index in [1.54, 1.807) is 17.7 Å². The molecule has 0 atom stereocenters. The highest BCUT2D eigenvalue weighted by atomic mass is 32.2. The van der Waals surface area contributed by atoms with Crippen LogP contribution in [0.4, 0.5) is 10.1 Å². The molecule has 0 aliphatic carbocycles. The van der Waals surface area contributed by atoms with Crippen LogP contribution in [-0.2, 0) is 11.8 Å². The number of carbonyl (C=O) groups excluding carboxylic acids is 1. The van der Waals surface area contributed by atoms with Crippen molar-refractivity contribution < 1.29 is 9.18 Å². The predicted molar refractivity (Wildman–Crippen MR) is 126 cm³/mol. The molecule has 4 rings (SSSR count). The fourth-order valence-electron chi connectivity index (χ4n) is 2.96. The average Bonchev–Trinajstić information content (AvgIpc) is 3.06. The third-order valence-electron chi connectivity index (χ3n) is 4.51. The number of rotatable bonds is 5. The van der Waals surface area contributed by atoms with Gasteiger partial charge >= 0.3 is 0 Å². The lowest BCUT2D eigenvalue weighted by Gasteiger charge is -2.09. The van der Waals surface area contributed by atoms with Gasteiger partial charge in [-0.15, -0.1) is 0 Å². The van der Waals surface area contributed by atoms with Crippen LogP contribution in [-0.4, -0.2) is 25.8 Å². The smallest absolute Gasteiger partial charge is 0.273 e. The van der Waals surface area contributed by atoms with Gasteiger partial charge < -0.3 is 5.32 Å². The lowest BCUT2D eigenvalue weighted by molar-refractivity contribution is -0.113. The third kappa shape index (κ3) is 4.46. The number of nitrogens with zero attached hydrogens (tertiary/aromatic N) is 3. The molecule has 0 saturated heterocycles. The molecule has 0 aliphatic rings. The predicted octanol–water partition coefficient (Wildman–Crippen LogP) is 4.69. The number of benzene rings is 2. The number of thiazole rings is 1. The van der Waals surface area contributed by atoms with E-state index in [9.17, 15) is 14.0 Å². The molecular formula is C21H17FN4O2S3. The number of anilines is 1. The first-order valence-corrected chi connectivity index (χ1v) is 11.4. The number of aromatic nitrogens is 3. The minimum absolute atomic E-state index is 0.0116. The van der Waals surface area contributed by atoms with Crippen LogP contribution in [0.25, 0.3) is 16.0 Å². The summed E-state index contributed by atoms with van der Waals surface area (Å²) in [5.74, 6) is -0.749. The summed E-state index contributed by atoms with van der Waals surface area (Å²) in [7, 11) is 1.61. The van der Waals surface area contributed by atoms with Crippen molar-refractivity contribution in [3.05, 3.63) is 74.2 Å². The summed E-state index contributed by atoms with van der Waals surface area (Å²) in [6.45, 7) is 1.99. The van der Waals surface area contributed by atoms with Crippen molar-refractivity contribution >= 4 is 57.3 Å². The maximum absolute atomic E-state index is 13.3. The zero-order valence-corrected chi connectivity index (χ0v) is 19.0. The minimum Gasteiger partial charge on any atom is -0.325 e. The zero-order chi connectivity index (χ0) is 22.1. The highest BCUT2D eigenvalue weighted by Crippen LogP contribution is 2.26. The van der Waals surface area contributed by atoms with Crippen LogP contribution >= 0.6 is 35.3 Å². The molecule has 4 aromatic rings.